The van der Waals surface area contributed by atoms with E-state index in [1.54, 1.807) is 4.31 Å². The number of hydrogen-bond acceptors (Lipinski definition) is 3. The van der Waals surface area contributed by atoms with Crippen LogP contribution in [0.4, 0.5) is 0 Å². The van der Waals surface area contributed by atoms with Gasteiger partial charge in [0, 0.05) is 32.3 Å². The molecule has 2 aliphatic heterocycles. The van der Waals surface area contributed by atoms with Crippen molar-refractivity contribution >= 4 is 10.2 Å². The average Bonchev–Trinajstić information content (AvgIpc) is 2.88. The standard InChI is InChI=1S/C14H24N4O2S/c1-12-5-4-8-18(10-12)21(19,20)15-9-13-11-17-7-3-2-6-14(17)16-13/h11-12,15H,2-10H2,1H3/t12-/m1/s1. The maximum absolute atomic E-state index is 12.3. The molecule has 0 saturated carbocycles. The van der Waals surface area contributed by atoms with Crippen LogP contribution in [0.25, 0.3) is 0 Å². The number of imidazole rings is 1. The summed E-state index contributed by atoms with van der Waals surface area (Å²) in [5.74, 6) is 1.53. The molecule has 3 heterocycles. The van der Waals surface area contributed by atoms with Gasteiger partial charge in [-0.2, -0.15) is 17.4 Å². The summed E-state index contributed by atoms with van der Waals surface area (Å²) in [5, 5.41) is 0. The van der Waals surface area contributed by atoms with Gasteiger partial charge in [0.15, 0.2) is 0 Å². The Balaban J connectivity index is 1.62. The van der Waals surface area contributed by atoms with Gasteiger partial charge in [-0.25, -0.2) is 4.98 Å². The zero-order chi connectivity index (χ0) is 14.9. The smallest absolute Gasteiger partial charge is 0.279 e. The van der Waals surface area contributed by atoms with E-state index in [0.29, 0.717) is 19.0 Å². The molecule has 1 fully saturated rings. The van der Waals surface area contributed by atoms with Crippen molar-refractivity contribution in [1.29, 1.82) is 0 Å². The van der Waals surface area contributed by atoms with E-state index < -0.39 is 10.2 Å². The minimum Gasteiger partial charge on any atom is -0.335 e. The Morgan fingerprint density at radius 1 is 1.33 bits per heavy atom. The number of fused-ring (bicyclic) bond motifs is 1. The molecule has 1 atom stereocenters. The lowest BCUT2D eigenvalue weighted by molar-refractivity contribution is 0.278. The van der Waals surface area contributed by atoms with E-state index in [9.17, 15) is 8.42 Å². The van der Waals surface area contributed by atoms with Crippen LogP contribution in [-0.4, -0.2) is 35.4 Å². The number of rotatable bonds is 4. The van der Waals surface area contributed by atoms with Crippen LogP contribution in [0, 0.1) is 5.92 Å². The Labute approximate surface area is 126 Å². The van der Waals surface area contributed by atoms with Crippen molar-refractivity contribution in [3.8, 4) is 0 Å². The van der Waals surface area contributed by atoms with Gasteiger partial charge in [0.05, 0.1) is 12.2 Å². The monoisotopic (exact) mass is 312 g/mol. The van der Waals surface area contributed by atoms with Gasteiger partial charge in [-0.1, -0.05) is 6.92 Å². The number of hydrogen-bond donors (Lipinski definition) is 1. The summed E-state index contributed by atoms with van der Waals surface area (Å²) in [5.41, 5.74) is 0.820. The molecule has 0 spiro atoms. The number of aromatic nitrogens is 2. The third-order valence-electron chi connectivity index (χ3n) is 4.35. The zero-order valence-corrected chi connectivity index (χ0v) is 13.4. The fraction of sp³-hybridized carbons (Fsp3) is 0.786. The fourth-order valence-corrected chi connectivity index (χ4v) is 4.51. The first-order valence-electron chi connectivity index (χ1n) is 7.84. The fourth-order valence-electron chi connectivity index (χ4n) is 3.18. The Hall–Kier alpha value is -0.920. The van der Waals surface area contributed by atoms with Crippen molar-refractivity contribution < 1.29 is 8.42 Å². The molecule has 0 unspecified atom stereocenters. The first kappa shape index (κ1) is 15.0. The summed E-state index contributed by atoms with van der Waals surface area (Å²) in [6, 6.07) is 0. The highest BCUT2D eigenvalue weighted by molar-refractivity contribution is 7.87. The zero-order valence-electron chi connectivity index (χ0n) is 12.6. The molecule has 21 heavy (non-hydrogen) atoms. The maximum atomic E-state index is 12.3. The van der Waals surface area contributed by atoms with Crippen LogP contribution in [0.15, 0.2) is 6.20 Å². The average molecular weight is 312 g/mol. The number of nitrogens with one attached hydrogen (secondary N) is 1. The van der Waals surface area contributed by atoms with Gasteiger partial charge in [-0.05, 0) is 31.6 Å². The van der Waals surface area contributed by atoms with Crippen LogP contribution in [0.5, 0.6) is 0 Å². The van der Waals surface area contributed by atoms with E-state index in [-0.39, 0.29) is 6.54 Å². The van der Waals surface area contributed by atoms with Crippen molar-refractivity contribution in [3.63, 3.8) is 0 Å². The molecule has 1 N–H and O–H groups in total. The van der Waals surface area contributed by atoms with Crippen LogP contribution in [0.3, 0.4) is 0 Å². The third-order valence-corrected chi connectivity index (χ3v) is 5.87. The van der Waals surface area contributed by atoms with E-state index in [1.165, 1.54) is 12.8 Å². The topological polar surface area (TPSA) is 67.2 Å². The summed E-state index contributed by atoms with van der Waals surface area (Å²) in [6.07, 6.45) is 7.39. The van der Waals surface area contributed by atoms with Crippen molar-refractivity contribution in [2.75, 3.05) is 13.1 Å². The Morgan fingerprint density at radius 2 is 2.19 bits per heavy atom. The van der Waals surface area contributed by atoms with Crippen LogP contribution in [0.2, 0.25) is 0 Å². The van der Waals surface area contributed by atoms with Gasteiger partial charge in [-0.3, -0.25) is 0 Å². The summed E-state index contributed by atoms with van der Waals surface area (Å²) >= 11 is 0. The summed E-state index contributed by atoms with van der Waals surface area (Å²) in [4.78, 5) is 4.53. The Morgan fingerprint density at radius 3 is 2.95 bits per heavy atom. The Bertz CT molecular complexity index is 573. The SMILES string of the molecule is C[C@@H]1CCCN(S(=O)(=O)NCc2cn3c(n2)CCCC3)C1. The van der Waals surface area contributed by atoms with Gasteiger partial charge < -0.3 is 4.57 Å². The maximum Gasteiger partial charge on any atom is 0.279 e. The normalized spacial score (nSPS) is 24.0. The van der Waals surface area contributed by atoms with E-state index in [0.717, 1.165) is 37.3 Å². The predicted molar refractivity (Wildman–Crippen MR) is 80.9 cm³/mol. The number of aryl methyl sites for hydroxylation is 2. The van der Waals surface area contributed by atoms with Crippen molar-refractivity contribution in [1.82, 2.24) is 18.6 Å². The van der Waals surface area contributed by atoms with Crippen molar-refractivity contribution in [3.05, 3.63) is 17.7 Å². The molecule has 0 aromatic carbocycles. The lowest BCUT2D eigenvalue weighted by Crippen LogP contribution is -2.45. The van der Waals surface area contributed by atoms with Crippen molar-refractivity contribution in [2.45, 2.75) is 52.1 Å². The third kappa shape index (κ3) is 3.46. The second-order valence-corrected chi connectivity index (χ2v) is 7.99. The molecule has 7 heteroatoms. The highest BCUT2D eigenvalue weighted by Crippen LogP contribution is 2.18. The van der Waals surface area contributed by atoms with Crippen LogP contribution in [-0.2, 0) is 29.7 Å². The van der Waals surface area contributed by atoms with Crippen LogP contribution < -0.4 is 4.72 Å². The second-order valence-electron chi connectivity index (χ2n) is 6.23. The van der Waals surface area contributed by atoms with Crippen LogP contribution in [0.1, 0.15) is 44.1 Å². The minimum absolute atomic E-state index is 0.285. The van der Waals surface area contributed by atoms with Crippen LogP contribution >= 0.6 is 0 Å². The van der Waals surface area contributed by atoms with E-state index in [1.807, 2.05) is 6.20 Å². The lowest BCUT2D eigenvalue weighted by atomic mass is 10.0. The molecule has 118 valence electrons. The number of nitrogens with zero attached hydrogens (tertiary/aromatic N) is 3. The first-order valence-corrected chi connectivity index (χ1v) is 9.28. The van der Waals surface area contributed by atoms with Gasteiger partial charge in [0.25, 0.3) is 10.2 Å². The molecular weight excluding hydrogens is 288 g/mol. The predicted octanol–water partition coefficient (Wildman–Crippen LogP) is 1.29. The van der Waals surface area contributed by atoms with E-state index >= 15 is 0 Å². The molecule has 1 aromatic rings. The first-order chi connectivity index (χ1) is 10.0. The largest absolute Gasteiger partial charge is 0.335 e. The molecule has 1 saturated heterocycles. The number of piperidine rings is 1. The minimum atomic E-state index is -3.38. The molecule has 3 rings (SSSR count). The van der Waals surface area contributed by atoms with E-state index in [2.05, 4.69) is 21.2 Å². The summed E-state index contributed by atoms with van der Waals surface area (Å²) < 4.78 is 31.1. The quantitative estimate of drug-likeness (QED) is 0.911. The molecule has 2 aliphatic rings. The second kappa shape index (κ2) is 6.06. The van der Waals surface area contributed by atoms with Gasteiger partial charge in [0.1, 0.15) is 5.82 Å². The van der Waals surface area contributed by atoms with Crippen molar-refractivity contribution in [2.24, 2.45) is 5.92 Å². The highest BCUT2D eigenvalue weighted by Gasteiger charge is 2.27. The lowest BCUT2D eigenvalue weighted by Gasteiger charge is -2.29. The molecule has 6 nitrogen and oxygen atoms in total. The molecule has 0 radical (unpaired) electrons. The van der Waals surface area contributed by atoms with E-state index in [4.69, 9.17) is 0 Å². The molecule has 1 aromatic heterocycles. The highest BCUT2D eigenvalue weighted by atomic mass is 32.2. The molecular formula is C14H24N4O2S. The summed E-state index contributed by atoms with van der Waals surface area (Å²) in [7, 11) is -3.38. The molecule has 0 bridgehead atoms. The van der Waals surface area contributed by atoms with Gasteiger partial charge in [-0.15, -0.1) is 0 Å². The van der Waals surface area contributed by atoms with Gasteiger partial charge >= 0.3 is 0 Å². The molecule has 0 amide bonds. The molecule has 0 aliphatic carbocycles. The summed E-state index contributed by atoms with van der Waals surface area (Å²) in [6.45, 7) is 4.63. The van der Waals surface area contributed by atoms with Gasteiger partial charge in [0.2, 0.25) is 0 Å². The Kier molecular flexibility index (Phi) is 4.33.